The summed E-state index contributed by atoms with van der Waals surface area (Å²) in [5.41, 5.74) is 0. The summed E-state index contributed by atoms with van der Waals surface area (Å²) in [7, 11) is 0. The van der Waals surface area contributed by atoms with Crippen molar-refractivity contribution in [3.05, 3.63) is 54.9 Å². The van der Waals surface area contributed by atoms with Crippen molar-refractivity contribution < 1.29 is 0 Å². The molecule has 0 aliphatic rings. The number of pyridine rings is 1. The van der Waals surface area contributed by atoms with Gasteiger partial charge in [0.1, 0.15) is 0 Å². The van der Waals surface area contributed by atoms with Gasteiger partial charge in [0.15, 0.2) is 0 Å². The Balaban J connectivity index is 2.16. The van der Waals surface area contributed by atoms with Gasteiger partial charge in [-0.15, -0.1) is 0 Å². The number of aromatic nitrogens is 1. The summed E-state index contributed by atoms with van der Waals surface area (Å²) in [5, 5.41) is 0. The Kier molecular flexibility index (Phi) is 2.97. The van der Waals surface area contributed by atoms with E-state index in [2.05, 4.69) is 41.4 Å². The SMILES string of the molecule is c1ccc([Te]c2cccnc2)cc1. The molecule has 0 saturated carbocycles. The van der Waals surface area contributed by atoms with E-state index < -0.39 is 0 Å². The predicted octanol–water partition coefficient (Wildman–Crippen LogP) is 0.737. The van der Waals surface area contributed by atoms with Crippen LogP contribution in [0.1, 0.15) is 0 Å². The zero-order chi connectivity index (χ0) is 8.93. The molecule has 0 unspecified atom stereocenters. The quantitative estimate of drug-likeness (QED) is 0.741. The Hall–Kier alpha value is -0.840. The molecular weight excluding hydrogens is 274 g/mol. The Morgan fingerprint density at radius 3 is 2.31 bits per heavy atom. The van der Waals surface area contributed by atoms with Crippen LogP contribution >= 0.6 is 0 Å². The third-order valence-electron chi connectivity index (χ3n) is 1.61. The Morgan fingerprint density at radius 2 is 1.62 bits per heavy atom. The van der Waals surface area contributed by atoms with Crippen LogP contribution in [-0.4, -0.2) is 25.9 Å². The Labute approximate surface area is 87.9 Å². The molecule has 0 bridgehead atoms. The second kappa shape index (κ2) is 4.41. The number of benzene rings is 1. The maximum atomic E-state index is 4.11. The average Bonchev–Trinajstić information content (AvgIpc) is 2.21. The van der Waals surface area contributed by atoms with E-state index in [0.717, 1.165) is 0 Å². The Morgan fingerprint density at radius 1 is 0.846 bits per heavy atom. The molecule has 1 aromatic carbocycles. The topological polar surface area (TPSA) is 12.9 Å². The van der Waals surface area contributed by atoms with Crippen molar-refractivity contribution in [3.63, 3.8) is 0 Å². The first-order chi connectivity index (χ1) is 6.45. The molecule has 2 aromatic rings. The van der Waals surface area contributed by atoms with Gasteiger partial charge in [0, 0.05) is 0 Å². The first-order valence-corrected chi connectivity index (χ1v) is 6.41. The number of rotatable bonds is 2. The van der Waals surface area contributed by atoms with Crippen molar-refractivity contribution >= 4 is 28.1 Å². The molecule has 0 saturated heterocycles. The van der Waals surface area contributed by atoms with Gasteiger partial charge in [0.05, 0.1) is 0 Å². The first kappa shape index (κ1) is 8.74. The van der Waals surface area contributed by atoms with Crippen LogP contribution in [-0.2, 0) is 0 Å². The molecule has 2 heteroatoms. The molecule has 1 heterocycles. The summed E-state index contributed by atoms with van der Waals surface area (Å²) in [5.74, 6) is 0. The van der Waals surface area contributed by atoms with E-state index in [1.807, 2.05) is 18.5 Å². The van der Waals surface area contributed by atoms with Crippen LogP contribution in [0.4, 0.5) is 0 Å². The molecule has 0 aliphatic heterocycles. The molecule has 0 amide bonds. The molecule has 1 nitrogen and oxygen atoms in total. The zero-order valence-corrected chi connectivity index (χ0v) is 9.38. The second-order valence-electron chi connectivity index (χ2n) is 2.60. The van der Waals surface area contributed by atoms with E-state index in [9.17, 15) is 0 Å². The minimum atomic E-state index is -0.216. The van der Waals surface area contributed by atoms with Crippen LogP contribution in [0.15, 0.2) is 54.9 Å². The third-order valence-corrected chi connectivity index (χ3v) is 4.42. The molecule has 0 aliphatic carbocycles. The first-order valence-electron chi connectivity index (χ1n) is 4.08. The molecule has 0 N–H and O–H groups in total. The summed E-state index contributed by atoms with van der Waals surface area (Å²) in [6.45, 7) is 0. The van der Waals surface area contributed by atoms with E-state index >= 15 is 0 Å². The second-order valence-corrected chi connectivity index (χ2v) is 5.88. The monoisotopic (exact) mass is 285 g/mol. The minimum absolute atomic E-state index is 0.216. The molecule has 0 fully saturated rings. The van der Waals surface area contributed by atoms with Crippen molar-refractivity contribution in [3.8, 4) is 0 Å². The van der Waals surface area contributed by atoms with Crippen molar-refractivity contribution in [1.29, 1.82) is 0 Å². The summed E-state index contributed by atoms with van der Waals surface area (Å²) >= 11 is -0.216. The fraction of sp³-hybridized carbons (Fsp3) is 0. The van der Waals surface area contributed by atoms with Crippen molar-refractivity contribution in [2.45, 2.75) is 0 Å². The van der Waals surface area contributed by atoms with Crippen LogP contribution in [0.2, 0.25) is 0 Å². The summed E-state index contributed by atoms with van der Waals surface area (Å²) in [6.07, 6.45) is 3.79. The zero-order valence-electron chi connectivity index (χ0n) is 7.05. The van der Waals surface area contributed by atoms with Crippen molar-refractivity contribution in [2.24, 2.45) is 0 Å². The van der Waals surface area contributed by atoms with E-state index in [0.29, 0.717) is 0 Å². The van der Waals surface area contributed by atoms with Crippen LogP contribution in [0, 0.1) is 0 Å². The molecule has 0 radical (unpaired) electrons. The number of hydrogen-bond acceptors (Lipinski definition) is 1. The molecule has 0 atom stereocenters. The fourth-order valence-corrected chi connectivity index (χ4v) is 3.39. The molecule has 64 valence electrons. The number of nitrogens with zero attached hydrogens (tertiary/aromatic N) is 1. The van der Waals surface area contributed by atoms with Crippen LogP contribution < -0.4 is 7.22 Å². The molecule has 0 spiro atoms. The summed E-state index contributed by atoms with van der Waals surface area (Å²) < 4.78 is 2.85. The molecule has 13 heavy (non-hydrogen) atoms. The molecule has 2 rings (SSSR count). The maximum absolute atomic E-state index is 4.11. The molecular formula is C11H9NTe. The van der Waals surface area contributed by atoms with Gasteiger partial charge in [-0.2, -0.15) is 0 Å². The van der Waals surface area contributed by atoms with Gasteiger partial charge in [-0.1, -0.05) is 0 Å². The van der Waals surface area contributed by atoms with E-state index in [-0.39, 0.29) is 20.9 Å². The Bertz CT molecular complexity index is 321. The normalized spacial score (nSPS) is 9.85. The van der Waals surface area contributed by atoms with Gasteiger partial charge >= 0.3 is 88.0 Å². The van der Waals surface area contributed by atoms with Gasteiger partial charge in [-0.25, -0.2) is 0 Å². The van der Waals surface area contributed by atoms with E-state index in [4.69, 9.17) is 0 Å². The van der Waals surface area contributed by atoms with Crippen LogP contribution in [0.5, 0.6) is 0 Å². The van der Waals surface area contributed by atoms with E-state index in [1.54, 1.807) is 0 Å². The average molecular weight is 283 g/mol. The third kappa shape index (κ3) is 2.55. The van der Waals surface area contributed by atoms with Gasteiger partial charge < -0.3 is 0 Å². The summed E-state index contributed by atoms with van der Waals surface area (Å²) in [4.78, 5) is 4.11. The standard InChI is InChI=1S/C11H9NTe/c1-2-5-10(6-3-1)13-11-7-4-8-12-9-11/h1-9H. The fourth-order valence-electron chi connectivity index (χ4n) is 1.03. The summed E-state index contributed by atoms with van der Waals surface area (Å²) in [6, 6.07) is 14.8. The molecule has 1 aromatic heterocycles. The van der Waals surface area contributed by atoms with Gasteiger partial charge in [0.25, 0.3) is 0 Å². The van der Waals surface area contributed by atoms with Crippen molar-refractivity contribution in [1.82, 2.24) is 4.98 Å². The number of hydrogen-bond donors (Lipinski definition) is 0. The van der Waals surface area contributed by atoms with Crippen LogP contribution in [0.25, 0.3) is 0 Å². The van der Waals surface area contributed by atoms with Crippen LogP contribution in [0.3, 0.4) is 0 Å². The van der Waals surface area contributed by atoms with Gasteiger partial charge in [-0.05, 0) is 0 Å². The van der Waals surface area contributed by atoms with Gasteiger partial charge in [-0.3, -0.25) is 0 Å². The predicted molar refractivity (Wildman–Crippen MR) is 55.7 cm³/mol. The van der Waals surface area contributed by atoms with E-state index in [1.165, 1.54) is 7.22 Å². The van der Waals surface area contributed by atoms with Gasteiger partial charge in [0.2, 0.25) is 0 Å². The van der Waals surface area contributed by atoms with Crippen molar-refractivity contribution in [2.75, 3.05) is 0 Å².